The first kappa shape index (κ1) is 7490. The lowest BCUT2D eigenvalue weighted by Gasteiger charge is -0.413. The van der Waals surface area contributed by atoms with Crippen molar-refractivity contribution in [3.8, 4) is 0 Å². The summed E-state index contributed by atoms with van der Waals surface area (Å²) < 4.78 is 0. The third-order valence-corrected chi connectivity index (χ3v) is 0. The number of hydrogen-bond acceptors (Lipinski definition) is 0. The second-order valence-corrected chi connectivity index (χ2v) is 0. The molecular weight excluding hydrogens is 276 g/mol. The van der Waals surface area contributed by atoms with Crippen LogP contribution in [0.2, 0.25) is 0 Å². The molecule has 0 aliphatic rings. The maximum atomic E-state index is 0. The van der Waals surface area contributed by atoms with Crippen molar-refractivity contribution in [2.75, 3.05) is 0 Å². The molecule has 0 heterocycles. The molecule has 0 radical (unpaired) electrons. The minimum absolute atomic E-state index is 0. The topological polar surface area (TPSA) is 315 Å². The highest BCUT2D eigenvalue weighted by Crippen LogP contribution is 0.648. The van der Waals surface area contributed by atoms with Crippen molar-refractivity contribution in [3.05, 3.63) is 0 Å². The fraction of sp³-hybridized carbons (Fsp3) is 0. The molecule has 0 saturated carbocycles. The molecular formula is H34O10SSi3. The highest BCUT2D eigenvalue weighted by atomic mass is 32.1. The Bertz CT molecular complexity index is 15.3. The Kier molecular flexibility index (Phi) is 3200000. The SMILES string of the molecule is O.O.O.O.O.O.O.O.O.O.S.[SiH4].[SiH4].[SiH4]. The number of rotatable bonds is 0. The van der Waals surface area contributed by atoms with E-state index in [0.29, 0.717) is 0 Å². The van der Waals surface area contributed by atoms with Gasteiger partial charge in [-0.05, 0) is 32.9 Å². The van der Waals surface area contributed by atoms with Gasteiger partial charge in [0.15, 0.2) is 0 Å². The predicted molar refractivity (Wildman–Crippen MR) is 80.5 cm³/mol. The monoisotopic (exact) mass is 310 g/mol. The van der Waals surface area contributed by atoms with Crippen molar-refractivity contribution in [2.24, 2.45) is 0 Å². The molecule has 0 rings (SSSR count). The molecule has 0 saturated heterocycles. The Morgan fingerprint density at radius 2 is 0.214 bits per heavy atom. The van der Waals surface area contributed by atoms with E-state index in [-0.39, 0.29) is 101 Å². The van der Waals surface area contributed by atoms with Crippen LogP contribution in [0.3, 0.4) is 0 Å². The van der Waals surface area contributed by atoms with Crippen molar-refractivity contribution in [2.45, 2.75) is 0 Å². The fourth-order valence-corrected chi connectivity index (χ4v) is 0. The van der Waals surface area contributed by atoms with E-state index in [1.165, 1.54) is 0 Å². The average Bonchev–Trinajstić information content (AvgIpc) is 0. The van der Waals surface area contributed by atoms with Crippen LogP contribution in [-0.2, 0) is 0 Å². The van der Waals surface area contributed by atoms with Crippen LogP contribution < -0.4 is 0 Å². The summed E-state index contributed by atoms with van der Waals surface area (Å²) in [5.74, 6) is 0. The van der Waals surface area contributed by atoms with Gasteiger partial charge in [-0.2, -0.15) is 13.5 Å². The van der Waals surface area contributed by atoms with Gasteiger partial charge in [0.25, 0.3) is 0 Å². The molecule has 0 aromatic rings. The lowest BCUT2D eigenvalue weighted by atomic mass is 16.0. The second kappa shape index (κ2) is 5990. The lowest BCUT2D eigenvalue weighted by Crippen LogP contribution is -0.382. The summed E-state index contributed by atoms with van der Waals surface area (Å²) in [6.07, 6.45) is 0. The highest BCUT2D eigenvalue weighted by Gasteiger charge is -0.0128. The Labute approximate surface area is 102 Å². The molecule has 10 nitrogen and oxygen atoms in total. The smallest absolute Gasteiger partial charge is 0.0149 e. The summed E-state index contributed by atoms with van der Waals surface area (Å²) in [7, 11) is 0. The molecule has 0 aliphatic carbocycles. The Morgan fingerprint density at radius 1 is 0.214 bits per heavy atom. The van der Waals surface area contributed by atoms with Gasteiger partial charge in [-0.1, -0.05) is 0 Å². The van der Waals surface area contributed by atoms with E-state index in [2.05, 4.69) is 0 Å². The second-order valence-electron chi connectivity index (χ2n) is 0. The summed E-state index contributed by atoms with van der Waals surface area (Å²) in [5.41, 5.74) is 0. The molecule has 0 bridgehead atoms. The van der Waals surface area contributed by atoms with Gasteiger partial charge in [-0.25, -0.2) is 0 Å². The van der Waals surface area contributed by atoms with Crippen LogP contribution >= 0.6 is 13.5 Å². The van der Waals surface area contributed by atoms with E-state index in [0.717, 1.165) is 0 Å². The van der Waals surface area contributed by atoms with Gasteiger partial charge in [0, 0.05) is 0 Å². The molecule has 0 unspecified atom stereocenters. The van der Waals surface area contributed by atoms with Crippen molar-refractivity contribution >= 4 is 46.4 Å². The van der Waals surface area contributed by atoms with Crippen LogP contribution in [-0.4, -0.2) is 87.7 Å². The molecule has 0 fully saturated rings. The lowest BCUT2D eigenvalue weighted by molar-refractivity contribution is 0.823. The van der Waals surface area contributed by atoms with E-state index < -0.39 is 0 Å². The van der Waals surface area contributed by atoms with E-state index in [4.69, 9.17) is 0 Å². The van der Waals surface area contributed by atoms with Crippen molar-refractivity contribution in [1.82, 2.24) is 0 Å². The maximum Gasteiger partial charge on any atom is -0.0149 e. The van der Waals surface area contributed by atoms with E-state index in [9.17, 15) is 0 Å². The quantitative estimate of drug-likeness (QED) is 0.376. The molecule has 0 aromatic carbocycles. The Balaban J connectivity index is 0. The van der Waals surface area contributed by atoms with Gasteiger partial charge in [0.1, 0.15) is 0 Å². The summed E-state index contributed by atoms with van der Waals surface area (Å²) >= 11 is 0. The third kappa shape index (κ3) is 4700. The van der Waals surface area contributed by atoms with Gasteiger partial charge in [0.2, 0.25) is 0 Å². The molecule has 14 heteroatoms. The molecule has 0 atom stereocenters. The van der Waals surface area contributed by atoms with Crippen LogP contribution in [0.5, 0.6) is 0 Å². The first-order chi connectivity index (χ1) is 0. The van der Waals surface area contributed by atoms with Crippen molar-refractivity contribution < 1.29 is 54.8 Å². The van der Waals surface area contributed by atoms with Gasteiger partial charge in [-0.15, -0.1) is 0 Å². The molecule has 0 spiro atoms. The first-order valence-corrected chi connectivity index (χ1v) is 0. The largest absolute Gasteiger partial charge is 0.412 e. The molecule has 0 amide bonds. The third-order valence-electron chi connectivity index (χ3n) is 0. The molecule has 0 aliphatic heterocycles. The average molecular weight is 311 g/mol. The summed E-state index contributed by atoms with van der Waals surface area (Å²) in [6.45, 7) is 0. The minimum atomic E-state index is 0. The first-order valence-electron chi connectivity index (χ1n) is 0. The number of hydrogen-bond donors (Lipinski definition) is 0. The van der Waals surface area contributed by atoms with Gasteiger partial charge < -0.3 is 54.8 Å². The summed E-state index contributed by atoms with van der Waals surface area (Å²) in [5, 5.41) is 0. The van der Waals surface area contributed by atoms with E-state index in [1.54, 1.807) is 0 Å². The zero-order valence-corrected chi connectivity index (χ0v) is 6.50. The molecule has 0 aromatic heterocycles. The Morgan fingerprint density at radius 3 is 0.214 bits per heavy atom. The Hall–Kier alpha value is 0.601. The van der Waals surface area contributed by atoms with E-state index in [1.807, 2.05) is 0 Å². The van der Waals surface area contributed by atoms with E-state index >= 15 is 0 Å². The highest BCUT2D eigenvalue weighted by molar-refractivity contribution is 7.59. The van der Waals surface area contributed by atoms with Crippen LogP contribution in [0.15, 0.2) is 0 Å². The van der Waals surface area contributed by atoms with Crippen LogP contribution in [0.4, 0.5) is 0 Å². The van der Waals surface area contributed by atoms with Gasteiger partial charge >= 0.3 is 0 Å². The van der Waals surface area contributed by atoms with Crippen molar-refractivity contribution in [1.29, 1.82) is 0 Å². The van der Waals surface area contributed by atoms with Crippen molar-refractivity contribution in [3.63, 3.8) is 0 Å². The summed E-state index contributed by atoms with van der Waals surface area (Å²) in [4.78, 5) is 0. The molecule has 14 heavy (non-hydrogen) atoms. The van der Waals surface area contributed by atoms with Crippen LogP contribution in [0.1, 0.15) is 0 Å². The minimum Gasteiger partial charge on any atom is -0.412 e. The van der Waals surface area contributed by atoms with Crippen LogP contribution in [0, 0.1) is 0 Å². The molecule has 112 valence electrons. The van der Waals surface area contributed by atoms with Gasteiger partial charge in [0.05, 0.1) is 0 Å². The standard InChI is InChI=1S/10H2O.H2S.3H4Si/h11*1H2;3*1H4. The summed E-state index contributed by atoms with van der Waals surface area (Å²) in [6, 6.07) is 0. The predicted octanol–water partition coefficient (Wildman–Crippen LogP) is -12.5. The van der Waals surface area contributed by atoms with Crippen LogP contribution in [0.25, 0.3) is 0 Å². The zero-order valence-electron chi connectivity index (χ0n) is 5.50. The normalized spacial score (nSPS) is 0. The van der Waals surface area contributed by atoms with Gasteiger partial charge in [-0.3, -0.25) is 0 Å². The fourth-order valence-electron chi connectivity index (χ4n) is 0. The zero-order chi connectivity index (χ0) is 0. The molecule has 20 N–H and O–H groups in total. The maximum absolute atomic E-state index is 0.